The molecule has 0 aliphatic carbocycles. The second kappa shape index (κ2) is 9.16. The minimum Gasteiger partial charge on any atom is -0.342 e. The fourth-order valence-corrected chi connectivity index (χ4v) is 3.89. The first kappa shape index (κ1) is 19.8. The first-order valence-corrected chi connectivity index (χ1v) is 9.11. The molecule has 2 atom stereocenters. The van der Waals surface area contributed by atoms with Crippen LogP contribution in [0.2, 0.25) is 0 Å². The van der Waals surface area contributed by atoms with Crippen molar-refractivity contribution >= 4 is 46.0 Å². The van der Waals surface area contributed by atoms with Gasteiger partial charge in [0.2, 0.25) is 5.91 Å². The summed E-state index contributed by atoms with van der Waals surface area (Å²) < 4.78 is 1.06. The Morgan fingerprint density at radius 2 is 1.82 bits per heavy atom. The van der Waals surface area contributed by atoms with Gasteiger partial charge in [-0.2, -0.15) is 0 Å². The topological polar surface area (TPSA) is 46.3 Å². The van der Waals surface area contributed by atoms with Crippen LogP contribution >= 0.6 is 40.1 Å². The minimum atomic E-state index is -0.0435. The van der Waals surface area contributed by atoms with E-state index in [4.69, 9.17) is 5.73 Å². The summed E-state index contributed by atoms with van der Waals surface area (Å²) in [4.78, 5) is 15.6. The lowest BCUT2D eigenvalue weighted by atomic mass is 9.91. The van der Waals surface area contributed by atoms with E-state index in [1.54, 1.807) is 11.8 Å². The smallest absolute Gasteiger partial charge is 0.235 e. The molecule has 0 radical (unpaired) electrons. The molecule has 22 heavy (non-hydrogen) atoms. The van der Waals surface area contributed by atoms with Gasteiger partial charge in [-0.15, -0.1) is 24.2 Å². The van der Waals surface area contributed by atoms with Gasteiger partial charge >= 0.3 is 0 Å². The van der Waals surface area contributed by atoms with Crippen molar-refractivity contribution < 1.29 is 4.79 Å². The van der Waals surface area contributed by atoms with Gasteiger partial charge in [0.1, 0.15) is 0 Å². The summed E-state index contributed by atoms with van der Waals surface area (Å²) in [6, 6.07) is 8.33. The van der Waals surface area contributed by atoms with Gasteiger partial charge in [-0.1, -0.05) is 15.9 Å². The number of piperidine rings is 1. The predicted molar refractivity (Wildman–Crippen MR) is 99.7 cm³/mol. The summed E-state index contributed by atoms with van der Waals surface area (Å²) in [5.41, 5.74) is 5.95. The number of amides is 1. The lowest BCUT2D eigenvalue weighted by molar-refractivity contribution is -0.131. The number of benzene rings is 1. The SMILES string of the molecule is CC(Sc1ccc(Br)cc1)C(=O)N1CCC(C(C)N)CC1.Cl. The Hall–Kier alpha value is -0.230. The van der Waals surface area contributed by atoms with Crippen LogP contribution in [0.1, 0.15) is 26.7 Å². The number of rotatable bonds is 4. The Balaban J connectivity index is 0.00000242. The average molecular weight is 408 g/mol. The molecule has 0 aromatic heterocycles. The summed E-state index contributed by atoms with van der Waals surface area (Å²) >= 11 is 5.05. The molecule has 124 valence electrons. The monoisotopic (exact) mass is 406 g/mol. The van der Waals surface area contributed by atoms with Crippen molar-refractivity contribution in [3.05, 3.63) is 28.7 Å². The zero-order valence-electron chi connectivity index (χ0n) is 13.0. The van der Waals surface area contributed by atoms with E-state index in [0.717, 1.165) is 35.3 Å². The third kappa shape index (κ3) is 5.44. The highest BCUT2D eigenvalue weighted by molar-refractivity contribution is 9.10. The molecule has 1 heterocycles. The van der Waals surface area contributed by atoms with Gasteiger partial charge in [-0.25, -0.2) is 0 Å². The van der Waals surface area contributed by atoms with Gasteiger partial charge in [0.05, 0.1) is 5.25 Å². The number of hydrogen-bond acceptors (Lipinski definition) is 3. The fourth-order valence-electron chi connectivity index (χ4n) is 2.67. The summed E-state index contributed by atoms with van der Waals surface area (Å²) in [5, 5.41) is -0.0435. The van der Waals surface area contributed by atoms with E-state index in [-0.39, 0.29) is 29.6 Å². The van der Waals surface area contributed by atoms with Crippen LogP contribution in [-0.2, 0) is 4.79 Å². The molecule has 1 saturated heterocycles. The Morgan fingerprint density at radius 3 is 2.32 bits per heavy atom. The van der Waals surface area contributed by atoms with Crippen LogP contribution in [0.5, 0.6) is 0 Å². The van der Waals surface area contributed by atoms with E-state index in [2.05, 4.69) is 22.9 Å². The molecule has 1 amide bonds. The fraction of sp³-hybridized carbons (Fsp3) is 0.562. The molecule has 1 aromatic rings. The van der Waals surface area contributed by atoms with Crippen LogP contribution < -0.4 is 5.73 Å². The number of carbonyl (C=O) groups is 1. The maximum atomic E-state index is 12.5. The number of nitrogens with zero attached hydrogens (tertiary/aromatic N) is 1. The van der Waals surface area contributed by atoms with Crippen LogP contribution in [0.15, 0.2) is 33.6 Å². The average Bonchev–Trinajstić information content (AvgIpc) is 2.49. The Kier molecular flexibility index (Phi) is 8.25. The van der Waals surface area contributed by atoms with E-state index in [1.165, 1.54) is 0 Å². The van der Waals surface area contributed by atoms with Crippen LogP contribution in [0.3, 0.4) is 0 Å². The van der Waals surface area contributed by atoms with E-state index >= 15 is 0 Å². The third-order valence-corrected chi connectivity index (χ3v) is 5.70. The number of hydrogen-bond donors (Lipinski definition) is 1. The second-order valence-electron chi connectivity index (χ2n) is 5.74. The van der Waals surface area contributed by atoms with Crippen molar-refractivity contribution in [2.24, 2.45) is 11.7 Å². The van der Waals surface area contributed by atoms with Crippen LogP contribution in [0.4, 0.5) is 0 Å². The second-order valence-corrected chi connectivity index (χ2v) is 8.07. The zero-order valence-corrected chi connectivity index (χ0v) is 16.2. The molecule has 2 N–H and O–H groups in total. The van der Waals surface area contributed by atoms with Crippen molar-refractivity contribution in [2.45, 2.75) is 42.9 Å². The molecule has 0 bridgehead atoms. The maximum Gasteiger partial charge on any atom is 0.235 e. The van der Waals surface area contributed by atoms with Crippen molar-refractivity contribution in [1.82, 2.24) is 4.90 Å². The summed E-state index contributed by atoms with van der Waals surface area (Å²) in [6.07, 6.45) is 2.05. The molecule has 1 aliphatic rings. The Labute approximate surface area is 151 Å². The van der Waals surface area contributed by atoms with E-state index < -0.39 is 0 Å². The molecule has 1 aliphatic heterocycles. The van der Waals surface area contributed by atoms with Crippen molar-refractivity contribution in [2.75, 3.05) is 13.1 Å². The van der Waals surface area contributed by atoms with Crippen LogP contribution in [-0.4, -0.2) is 35.2 Å². The normalized spacial score (nSPS) is 18.5. The first-order valence-electron chi connectivity index (χ1n) is 7.44. The van der Waals surface area contributed by atoms with Crippen LogP contribution in [0, 0.1) is 5.92 Å². The summed E-state index contributed by atoms with van der Waals surface area (Å²) in [6.45, 7) is 5.74. The van der Waals surface area contributed by atoms with Crippen molar-refractivity contribution in [1.29, 1.82) is 0 Å². The molecule has 3 nitrogen and oxygen atoms in total. The van der Waals surface area contributed by atoms with Gasteiger partial charge in [-0.05, 0) is 56.9 Å². The molecule has 2 unspecified atom stereocenters. The highest BCUT2D eigenvalue weighted by Crippen LogP contribution is 2.27. The van der Waals surface area contributed by atoms with E-state index in [1.807, 2.05) is 36.1 Å². The molecular weight excluding hydrogens is 384 g/mol. The van der Waals surface area contributed by atoms with E-state index in [9.17, 15) is 4.79 Å². The molecule has 6 heteroatoms. The number of halogens is 2. The Bertz CT molecular complexity index is 476. The highest BCUT2D eigenvalue weighted by Gasteiger charge is 2.27. The highest BCUT2D eigenvalue weighted by atomic mass is 79.9. The predicted octanol–water partition coefficient (Wildman–Crippen LogP) is 3.94. The lowest BCUT2D eigenvalue weighted by Gasteiger charge is -2.35. The first-order chi connectivity index (χ1) is 9.97. The quantitative estimate of drug-likeness (QED) is 0.769. The molecule has 1 aromatic carbocycles. The molecular formula is C16H24BrClN2OS. The maximum absolute atomic E-state index is 12.5. The molecule has 2 rings (SSSR count). The minimum absolute atomic E-state index is 0. The lowest BCUT2D eigenvalue weighted by Crippen LogP contribution is -2.45. The zero-order chi connectivity index (χ0) is 15.4. The number of carbonyl (C=O) groups excluding carboxylic acids is 1. The number of likely N-dealkylation sites (tertiary alicyclic amines) is 1. The standard InChI is InChI=1S/C16H23BrN2OS.ClH/c1-11(18)13-7-9-19(10-8-13)16(20)12(2)21-15-5-3-14(17)4-6-15;/h3-6,11-13H,7-10,18H2,1-2H3;1H. The molecule has 0 saturated carbocycles. The summed E-state index contributed by atoms with van der Waals surface area (Å²) in [5.74, 6) is 0.800. The third-order valence-electron chi connectivity index (χ3n) is 4.07. The van der Waals surface area contributed by atoms with Crippen LogP contribution in [0.25, 0.3) is 0 Å². The summed E-state index contributed by atoms with van der Waals surface area (Å²) in [7, 11) is 0. The van der Waals surface area contributed by atoms with Gasteiger partial charge in [0.15, 0.2) is 0 Å². The molecule has 0 spiro atoms. The molecule has 1 fully saturated rings. The number of nitrogens with two attached hydrogens (primary N) is 1. The van der Waals surface area contributed by atoms with Crippen molar-refractivity contribution in [3.8, 4) is 0 Å². The van der Waals surface area contributed by atoms with Gasteiger partial charge < -0.3 is 10.6 Å². The largest absolute Gasteiger partial charge is 0.342 e. The van der Waals surface area contributed by atoms with Gasteiger partial charge in [0, 0.05) is 28.5 Å². The van der Waals surface area contributed by atoms with E-state index in [0.29, 0.717) is 5.92 Å². The van der Waals surface area contributed by atoms with Gasteiger partial charge in [-0.3, -0.25) is 4.79 Å². The Morgan fingerprint density at radius 1 is 1.27 bits per heavy atom. The van der Waals surface area contributed by atoms with Gasteiger partial charge in [0.25, 0.3) is 0 Å². The number of thioether (sulfide) groups is 1. The van der Waals surface area contributed by atoms with Crippen molar-refractivity contribution in [3.63, 3.8) is 0 Å².